The van der Waals surface area contributed by atoms with Crippen LogP contribution in [0.25, 0.3) is 0 Å². The Hall–Kier alpha value is -1.28. The van der Waals surface area contributed by atoms with Gasteiger partial charge in [0.25, 0.3) is 0 Å². The van der Waals surface area contributed by atoms with E-state index in [1.54, 1.807) is 11.3 Å². The lowest BCUT2D eigenvalue weighted by atomic mass is 10.0. The maximum absolute atomic E-state index is 5.72. The van der Waals surface area contributed by atoms with Gasteiger partial charge in [-0.25, -0.2) is 0 Å². The third-order valence-electron chi connectivity index (χ3n) is 2.79. The Bertz CT molecular complexity index is 428. The van der Waals surface area contributed by atoms with Crippen LogP contribution in [0.4, 0.5) is 0 Å². The zero-order valence-corrected chi connectivity index (χ0v) is 11.2. The van der Waals surface area contributed by atoms with Crippen molar-refractivity contribution in [3.8, 4) is 5.75 Å². The van der Waals surface area contributed by atoms with Crippen LogP contribution in [0.2, 0.25) is 0 Å². The molecule has 0 spiro atoms. The van der Waals surface area contributed by atoms with Gasteiger partial charge in [0.2, 0.25) is 0 Å². The molecule has 0 bridgehead atoms. The quantitative estimate of drug-likeness (QED) is 0.755. The molecular formula is C15H18OS. The highest BCUT2D eigenvalue weighted by Gasteiger charge is 1.99. The minimum atomic E-state index is 0.579. The molecule has 0 saturated carbocycles. The van der Waals surface area contributed by atoms with Crippen molar-refractivity contribution in [2.45, 2.75) is 26.2 Å². The summed E-state index contributed by atoms with van der Waals surface area (Å²) < 4.78 is 5.72. The third kappa shape index (κ3) is 3.60. The number of hydrogen-bond acceptors (Lipinski definition) is 2. The van der Waals surface area contributed by atoms with Crippen LogP contribution in [-0.2, 0) is 6.42 Å². The van der Waals surface area contributed by atoms with Crippen molar-refractivity contribution < 1.29 is 4.74 Å². The van der Waals surface area contributed by atoms with Crippen LogP contribution in [0.5, 0.6) is 5.75 Å². The van der Waals surface area contributed by atoms with Crippen molar-refractivity contribution in [1.29, 1.82) is 0 Å². The molecule has 2 aromatic rings. The van der Waals surface area contributed by atoms with E-state index in [2.05, 4.69) is 54.9 Å². The average Bonchev–Trinajstić information content (AvgIpc) is 2.83. The smallest absolute Gasteiger partial charge is 0.119 e. The molecule has 0 aliphatic heterocycles. The third-order valence-corrected chi connectivity index (χ3v) is 3.52. The predicted molar refractivity (Wildman–Crippen MR) is 74.0 cm³/mol. The van der Waals surface area contributed by atoms with Crippen LogP contribution in [0, 0.1) is 0 Å². The van der Waals surface area contributed by atoms with Gasteiger partial charge in [0.15, 0.2) is 0 Å². The van der Waals surface area contributed by atoms with Crippen molar-refractivity contribution in [3.05, 3.63) is 52.2 Å². The lowest BCUT2D eigenvalue weighted by Crippen LogP contribution is -2.00. The molecule has 0 aliphatic carbocycles. The normalized spacial score (nSPS) is 10.8. The summed E-state index contributed by atoms with van der Waals surface area (Å²) in [6.45, 7) is 5.15. The largest absolute Gasteiger partial charge is 0.493 e. The van der Waals surface area contributed by atoms with Crippen LogP contribution in [-0.4, -0.2) is 6.61 Å². The predicted octanol–water partition coefficient (Wildman–Crippen LogP) is 4.49. The molecule has 0 N–H and O–H groups in total. The van der Waals surface area contributed by atoms with E-state index in [0.717, 1.165) is 18.8 Å². The monoisotopic (exact) mass is 246 g/mol. The maximum atomic E-state index is 5.72. The van der Waals surface area contributed by atoms with E-state index in [-0.39, 0.29) is 0 Å². The van der Waals surface area contributed by atoms with E-state index in [1.165, 1.54) is 11.1 Å². The van der Waals surface area contributed by atoms with E-state index in [9.17, 15) is 0 Å². The Labute approximate surface area is 107 Å². The molecule has 17 heavy (non-hydrogen) atoms. The molecule has 0 radical (unpaired) electrons. The summed E-state index contributed by atoms with van der Waals surface area (Å²) in [4.78, 5) is 0. The fourth-order valence-corrected chi connectivity index (χ4v) is 2.37. The first kappa shape index (κ1) is 12.2. The minimum absolute atomic E-state index is 0.579. The molecular weight excluding hydrogens is 228 g/mol. The Morgan fingerprint density at radius 2 is 1.88 bits per heavy atom. The molecule has 1 heterocycles. The summed E-state index contributed by atoms with van der Waals surface area (Å²) >= 11 is 1.74. The van der Waals surface area contributed by atoms with Crippen LogP contribution in [0.15, 0.2) is 41.1 Å². The van der Waals surface area contributed by atoms with Crippen LogP contribution >= 0.6 is 11.3 Å². The lowest BCUT2D eigenvalue weighted by Gasteiger charge is -2.08. The van der Waals surface area contributed by atoms with Crippen molar-refractivity contribution in [2.75, 3.05) is 6.61 Å². The van der Waals surface area contributed by atoms with Crippen molar-refractivity contribution in [2.24, 2.45) is 0 Å². The molecule has 0 atom stereocenters. The molecule has 0 fully saturated rings. The second kappa shape index (κ2) is 5.87. The SMILES string of the molecule is CC(C)c1ccc(OCCc2ccsc2)cc1. The zero-order valence-electron chi connectivity index (χ0n) is 10.3. The Balaban J connectivity index is 1.83. The lowest BCUT2D eigenvalue weighted by molar-refractivity contribution is 0.322. The topological polar surface area (TPSA) is 9.23 Å². The van der Waals surface area contributed by atoms with Gasteiger partial charge in [0.1, 0.15) is 5.75 Å². The fraction of sp³-hybridized carbons (Fsp3) is 0.333. The first-order chi connectivity index (χ1) is 8.25. The summed E-state index contributed by atoms with van der Waals surface area (Å²) in [5.41, 5.74) is 2.71. The molecule has 0 aliphatic rings. The van der Waals surface area contributed by atoms with Gasteiger partial charge < -0.3 is 4.74 Å². The number of thiophene rings is 1. The van der Waals surface area contributed by atoms with Crippen molar-refractivity contribution >= 4 is 11.3 Å². The molecule has 1 nitrogen and oxygen atoms in total. The summed E-state index contributed by atoms with van der Waals surface area (Å²) in [7, 11) is 0. The Morgan fingerprint density at radius 3 is 2.47 bits per heavy atom. The highest BCUT2D eigenvalue weighted by atomic mass is 32.1. The molecule has 1 aromatic heterocycles. The zero-order chi connectivity index (χ0) is 12.1. The maximum Gasteiger partial charge on any atom is 0.119 e. The van der Waals surface area contributed by atoms with E-state index < -0.39 is 0 Å². The molecule has 1 aromatic carbocycles. The van der Waals surface area contributed by atoms with Crippen molar-refractivity contribution in [3.63, 3.8) is 0 Å². The fourth-order valence-electron chi connectivity index (χ4n) is 1.67. The summed E-state index contributed by atoms with van der Waals surface area (Å²) in [5.74, 6) is 1.54. The first-order valence-electron chi connectivity index (χ1n) is 5.99. The number of rotatable bonds is 5. The van der Waals surface area contributed by atoms with Gasteiger partial charge in [-0.1, -0.05) is 26.0 Å². The number of benzene rings is 1. The van der Waals surface area contributed by atoms with Gasteiger partial charge in [-0.05, 0) is 46.0 Å². The first-order valence-corrected chi connectivity index (χ1v) is 6.94. The van der Waals surface area contributed by atoms with Gasteiger partial charge in [0.05, 0.1) is 6.61 Å². The molecule has 0 amide bonds. The molecule has 0 saturated heterocycles. The highest BCUT2D eigenvalue weighted by molar-refractivity contribution is 7.07. The van der Waals surface area contributed by atoms with E-state index in [1.807, 2.05) is 0 Å². The Morgan fingerprint density at radius 1 is 1.12 bits per heavy atom. The average molecular weight is 246 g/mol. The van der Waals surface area contributed by atoms with Crippen molar-refractivity contribution in [1.82, 2.24) is 0 Å². The van der Waals surface area contributed by atoms with E-state index in [0.29, 0.717) is 5.92 Å². The van der Waals surface area contributed by atoms with E-state index in [4.69, 9.17) is 4.74 Å². The summed E-state index contributed by atoms with van der Waals surface area (Å²) in [6.07, 6.45) is 0.982. The van der Waals surface area contributed by atoms with Gasteiger partial charge in [-0.3, -0.25) is 0 Å². The van der Waals surface area contributed by atoms with Gasteiger partial charge >= 0.3 is 0 Å². The van der Waals surface area contributed by atoms with Crippen LogP contribution < -0.4 is 4.74 Å². The highest BCUT2D eigenvalue weighted by Crippen LogP contribution is 2.18. The number of hydrogen-bond donors (Lipinski definition) is 0. The van der Waals surface area contributed by atoms with E-state index >= 15 is 0 Å². The van der Waals surface area contributed by atoms with Gasteiger partial charge in [0, 0.05) is 6.42 Å². The molecule has 2 heteroatoms. The number of ether oxygens (including phenoxy) is 1. The van der Waals surface area contributed by atoms with Crippen LogP contribution in [0.1, 0.15) is 30.9 Å². The van der Waals surface area contributed by atoms with Crippen LogP contribution in [0.3, 0.4) is 0 Å². The minimum Gasteiger partial charge on any atom is -0.493 e. The second-order valence-electron chi connectivity index (χ2n) is 4.45. The second-order valence-corrected chi connectivity index (χ2v) is 5.23. The molecule has 0 unspecified atom stereocenters. The molecule has 90 valence electrons. The van der Waals surface area contributed by atoms with Gasteiger partial charge in [-0.2, -0.15) is 11.3 Å². The molecule has 2 rings (SSSR count). The summed E-state index contributed by atoms with van der Waals surface area (Å²) in [5, 5.41) is 4.28. The summed E-state index contributed by atoms with van der Waals surface area (Å²) in [6, 6.07) is 10.6. The van der Waals surface area contributed by atoms with Gasteiger partial charge in [-0.15, -0.1) is 0 Å². The Kier molecular flexibility index (Phi) is 4.21. The standard InChI is InChI=1S/C15H18OS/c1-12(2)14-3-5-15(6-4-14)16-9-7-13-8-10-17-11-13/h3-6,8,10-12H,7,9H2,1-2H3.